The van der Waals surface area contributed by atoms with Gasteiger partial charge < -0.3 is 9.72 Å². The quantitative estimate of drug-likeness (QED) is 0.682. The van der Waals surface area contributed by atoms with Gasteiger partial charge in [-0.1, -0.05) is 23.7 Å². The summed E-state index contributed by atoms with van der Waals surface area (Å²) in [4.78, 5) is 3.63. The van der Waals surface area contributed by atoms with Crippen molar-refractivity contribution >= 4 is 22.5 Å². The first-order chi connectivity index (χ1) is 10.8. The van der Waals surface area contributed by atoms with Crippen molar-refractivity contribution in [2.45, 2.75) is 25.2 Å². The van der Waals surface area contributed by atoms with E-state index >= 15 is 0 Å². The second kappa shape index (κ2) is 5.36. The summed E-state index contributed by atoms with van der Waals surface area (Å²) in [5, 5.41) is 2.08. The number of rotatable bonds is 2. The maximum atomic E-state index is 6.18. The largest absolute Gasteiger partial charge is 0.497 e. The van der Waals surface area contributed by atoms with Crippen molar-refractivity contribution in [3.05, 3.63) is 64.3 Å². The summed E-state index contributed by atoms with van der Waals surface area (Å²) in [6, 6.07) is 14.6. The van der Waals surface area contributed by atoms with Gasteiger partial charge in [0.2, 0.25) is 0 Å². The molecule has 3 aromatic rings. The molecule has 0 aliphatic heterocycles. The molecule has 0 saturated heterocycles. The number of hydrogen-bond donors (Lipinski definition) is 1. The molecule has 22 heavy (non-hydrogen) atoms. The molecule has 0 amide bonds. The van der Waals surface area contributed by atoms with E-state index in [-0.39, 0.29) is 0 Å². The van der Waals surface area contributed by atoms with Gasteiger partial charge in [-0.2, -0.15) is 0 Å². The Kier molecular flexibility index (Phi) is 3.34. The van der Waals surface area contributed by atoms with Crippen molar-refractivity contribution in [1.29, 1.82) is 0 Å². The number of fused-ring (bicyclic) bond motifs is 3. The lowest BCUT2D eigenvalue weighted by Gasteiger charge is -2.23. The first-order valence-electron chi connectivity index (χ1n) is 7.70. The minimum atomic E-state index is 0.431. The monoisotopic (exact) mass is 311 g/mol. The van der Waals surface area contributed by atoms with Crippen LogP contribution in [0, 0.1) is 0 Å². The fraction of sp³-hybridized carbons (Fsp3) is 0.263. The fourth-order valence-corrected chi connectivity index (χ4v) is 3.78. The summed E-state index contributed by atoms with van der Waals surface area (Å²) in [7, 11) is 1.70. The highest BCUT2D eigenvalue weighted by Crippen LogP contribution is 2.40. The summed E-state index contributed by atoms with van der Waals surface area (Å²) in [6.45, 7) is 0. The lowest BCUT2D eigenvalue weighted by molar-refractivity contribution is 0.414. The highest BCUT2D eigenvalue weighted by atomic mass is 35.5. The lowest BCUT2D eigenvalue weighted by atomic mass is 9.82. The highest BCUT2D eigenvalue weighted by Gasteiger charge is 2.25. The number of nitrogens with one attached hydrogen (secondary N) is 1. The zero-order chi connectivity index (χ0) is 15.1. The molecular formula is C19H18ClNO. The number of methoxy groups -OCH3 is 1. The van der Waals surface area contributed by atoms with Crippen molar-refractivity contribution < 1.29 is 4.74 Å². The number of H-pyrrole nitrogens is 1. The summed E-state index contributed by atoms with van der Waals surface area (Å²) < 4.78 is 5.26. The van der Waals surface area contributed by atoms with E-state index in [4.69, 9.17) is 16.3 Å². The van der Waals surface area contributed by atoms with Crippen molar-refractivity contribution in [2.24, 2.45) is 0 Å². The molecule has 1 N–H and O–H groups in total. The number of aromatic amines is 1. The van der Waals surface area contributed by atoms with E-state index in [0.717, 1.165) is 17.2 Å². The van der Waals surface area contributed by atoms with E-state index < -0.39 is 0 Å². The molecule has 1 aliphatic carbocycles. The first kappa shape index (κ1) is 13.7. The predicted molar refractivity (Wildman–Crippen MR) is 91.1 cm³/mol. The van der Waals surface area contributed by atoms with Gasteiger partial charge in [-0.3, -0.25) is 0 Å². The van der Waals surface area contributed by atoms with Crippen LogP contribution in [0.2, 0.25) is 5.02 Å². The third kappa shape index (κ3) is 2.19. The smallest absolute Gasteiger partial charge is 0.118 e. The van der Waals surface area contributed by atoms with Crippen LogP contribution in [0.1, 0.15) is 35.6 Å². The van der Waals surface area contributed by atoms with Crippen LogP contribution >= 0.6 is 11.6 Å². The van der Waals surface area contributed by atoms with Crippen LogP contribution in [0.5, 0.6) is 5.75 Å². The van der Waals surface area contributed by atoms with Crippen LogP contribution in [0.25, 0.3) is 10.9 Å². The van der Waals surface area contributed by atoms with Gasteiger partial charge in [0.15, 0.2) is 0 Å². The van der Waals surface area contributed by atoms with Crippen LogP contribution in [0.15, 0.2) is 42.5 Å². The molecule has 0 unspecified atom stereocenters. The number of aryl methyl sites for hydroxylation is 1. The summed E-state index contributed by atoms with van der Waals surface area (Å²) >= 11 is 6.18. The minimum absolute atomic E-state index is 0.431. The first-order valence-corrected chi connectivity index (χ1v) is 8.08. The van der Waals surface area contributed by atoms with Gasteiger partial charge in [0.25, 0.3) is 0 Å². The van der Waals surface area contributed by atoms with E-state index in [9.17, 15) is 0 Å². The molecule has 0 spiro atoms. The van der Waals surface area contributed by atoms with Gasteiger partial charge in [0, 0.05) is 27.5 Å². The Morgan fingerprint density at radius 3 is 2.73 bits per heavy atom. The molecule has 112 valence electrons. The fourth-order valence-electron chi connectivity index (χ4n) is 3.60. The number of hydrogen-bond acceptors (Lipinski definition) is 1. The maximum Gasteiger partial charge on any atom is 0.118 e. The molecule has 0 bridgehead atoms. The Labute approximate surface area is 135 Å². The standard InChI is InChI=1S/C19H18ClNO/c1-22-14-8-5-12(6-9-14)15-3-2-4-16-17-11-13(20)7-10-18(17)21-19(15)16/h5-11,15,21H,2-4H2,1H3/t15-/m0/s1. The molecule has 2 nitrogen and oxygen atoms in total. The molecule has 2 aromatic carbocycles. The summed E-state index contributed by atoms with van der Waals surface area (Å²) in [5.74, 6) is 1.34. The van der Waals surface area contributed by atoms with E-state index in [1.165, 1.54) is 40.6 Å². The van der Waals surface area contributed by atoms with Crippen LogP contribution in [0.4, 0.5) is 0 Å². The Balaban J connectivity index is 1.82. The van der Waals surface area contributed by atoms with Gasteiger partial charge in [-0.25, -0.2) is 0 Å². The zero-order valence-electron chi connectivity index (χ0n) is 12.5. The van der Waals surface area contributed by atoms with Crippen molar-refractivity contribution in [3.8, 4) is 5.75 Å². The molecular weight excluding hydrogens is 294 g/mol. The normalized spacial score (nSPS) is 17.5. The number of benzene rings is 2. The van der Waals surface area contributed by atoms with E-state index in [2.05, 4.69) is 29.2 Å². The highest BCUT2D eigenvalue weighted by molar-refractivity contribution is 6.31. The second-order valence-electron chi connectivity index (χ2n) is 5.93. The van der Waals surface area contributed by atoms with E-state index in [1.807, 2.05) is 18.2 Å². The SMILES string of the molecule is COc1ccc([C@@H]2CCCc3c2[nH]c2ccc(Cl)cc32)cc1. The molecule has 1 aromatic heterocycles. The summed E-state index contributed by atoms with van der Waals surface area (Å²) in [6.07, 6.45) is 3.52. The van der Waals surface area contributed by atoms with Gasteiger partial charge in [-0.05, 0) is 60.7 Å². The lowest BCUT2D eigenvalue weighted by Crippen LogP contribution is -2.10. The van der Waals surface area contributed by atoms with Gasteiger partial charge in [0.05, 0.1) is 7.11 Å². The van der Waals surface area contributed by atoms with Gasteiger partial charge in [-0.15, -0.1) is 0 Å². The molecule has 3 heteroatoms. The minimum Gasteiger partial charge on any atom is -0.497 e. The van der Waals surface area contributed by atoms with Gasteiger partial charge >= 0.3 is 0 Å². The average molecular weight is 312 g/mol. The molecule has 1 aliphatic rings. The molecule has 0 fully saturated rings. The van der Waals surface area contributed by atoms with Crippen molar-refractivity contribution in [3.63, 3.8) is 0 Å². The zero-order valence-corrected chi connectivity index (χ0v) is 13.3. The average Bonchev–Trinajstić information content (AvgIpc) is 2.93. The third-order valence-corrected chi connectivity index (χ3v) is 4.92. The van der Waals surface area contributed by atoms with E-state index in [1.54, 1.807) is 7.11 Å². The van der Waals surface area contributed by atoms with E-state index in [0.29, 0.717) is 5.92 Å². The molecule has 1 heterocycles. The number of ether oxygens (including phenoxy) is 1. The van der Waals surface area contributed by atoms with Crippen molar-refractivity contribution in [1.82, 2.24) is 4.98 Å². The molecule has 0 radical (unpaired) electrons. The Morgan fingerprint density at radius 2 is 1.95 bits per heavy atom. The Morgan fingerprint density at radius 1 is 1.14 bits per heavy atom. The predicted octanol–water partition coefficient (Wildman–Crippen LogP) is 5.30. The molecule has 4 rings (SSSR count). The topological polar surface area (TPSA) is 25.0 Å². The number of halogens is 1. The van der Waals surface area contributed by atoms with Crippen LogP contribution in [0.3, 0.4) is 0 Å². The van der Waals surface area contributed by atoms with Crippen molar-refractivity contribution in [2.75, 3.05) is 7.11 Å². The third-order valence-electron chi connectivity index (χ3n) is 4.69. The van der Waals surface area contributed by atoms with Crippen LogP contribution < -0.4 is 4.74 Å². The van der Waals surface area contributed by atoms with Crippen LogP contribution in [-0.2, 0) is 6.42 Å². The Hall–Kier alpha value is -1.93. The van der Waals surface area contributed by atoms with Crippen LogP contribution in [-0.4, -0.2) is 12.1 Å². The van der Waals surface area contributed by atoms with Gasteiger partial charge in [0.1, 0.15) is 5.75 Å². The maximum absolute atomic E-state index is 6.18. The molecule has 0 saturated carbocycles. The Bertz CT molecular complexity index is 819. The summed E-state index contributed by atoms with van der Waals surface area (Å²) in [5.41, 5.74) is 5.33. The number of aromatic nitrogens is 1. The second-order valence-corrected chi connectivity index (χ2v) is 6.36. The molecule has 1 atom stereocenters.